The van der Waals surface area contributed by atoms with E-state index in [9.17, 15) is 10.0 Å². The van der Waals surface area contributed by atoms with Gasteiger partial charge in [-0.1, -0.05) is 16.8 Å². The summed E-state index contributed by atoms with van der Waals surface area (Å²) in [4.78, 5) is 17.1. The van der Waals surface area contributed by atoms with Gasteiger partial charge in [0.1, 0.15) is 12.1 Å². The Bertz CT molecular complexity index is 1710. The average Bonchev–Trinajstić information content (AvgIpc) is 3.52. The van der Waals surface area contributed by atoms with Crippen LogP contribution in [0.2, 0.25) is 5.02 Å². The third-order valence-corrected chi connectivity index (χ3v) is 5.77. The number of nitrogens with zero attached hydrogens (tertiary/aromatic N) is 6. The van der Waals surface area contributed by atoms with Crippen molar-refractivity contribution in [2.75, 3.05) is 0 Å². The van der Waals surface area contributed by atoms with Crippen molar-refractivity contribution >= 4 is 33.7 Å². The number of halogens is 1. The number of aromatic nitrogens is 8. The summed E-state index contributed by atoms with van der Waals surface area (Å²) >= 11 is 6.56. The normalized spacial score (nSPS) is 11.5. The number of nitrogens with one attached hydrogen (secondary N) is 2. The van der Waals surface area contributed by atoms with E-state index in [1.807, 2.05) is 30.3 Å². The molecule has 0 saturated heterocycles. The third kappa shape index (κ3) is 3.24. The maximum Gasteiger partial charge on any atom is 0.323 e. The second-order valence-electron chi connectivity index (χ2n) is 7.53. The van der Waals surface area contributed by atoms with Crippen LogP contribution >= 0.6 is 11.6 Å². The van der Waals surface area contributed by atoms with Gasteiger partial charge in [-0.05, 0) is 42.5 Å². The molecule has 33 heavy (non-hydrogen) atoms. The Morgan fingerprint density at radius 2 is 1.94 bits per heavy atom. The molecule has 2 aromatic carbocycles. The summed E-state index contributed by atoms with van der Waals surface area (Å²) in [5, 5.41) is 25.4. The van der Waals surface area contributed by atoms with Gasteiger partial charge in [0.05, 0.1) is 33.0 Å². The lowest BCUT2D eigenvalue weighted by molar-refractivity contribution is -0.614. The smallest absolute Gasteiger partial charge is 0.323 e. The van der Waals surface area contributed by atoms with Crippen LogP contribution in [-0.2, 0) is 6.54 Å². The summed E-state index contributed by atoms with van der Waals surface area (Å²) in [7, 11) is 0. The SMILES string of the molecule is O=c1[nH]c2ccc(-n3nnc4c(Cl)cc(-c5ccnn5Cc5cccc[n+]5[O-])cc43)cc2[nH]1. The van der Waals surface area contributed by atoms with Gasteiger partial charge in [0.15, 0.2) is 6.20 Å². The Balaban J connectivity index is 1.47. The lowest BCUT2D eigenvalue weighted by Gasteiger charge is -2.09. The summed E-state index contributed by atoms with van der Waals surface area (Å²) in [6, 6.07) is 16.3. The fourth-order valence-electron chi connectivity index (χ4n) is 3.92. The topological polar surface area (TPSA) is 124 Å². The van der Waals surface area contributed by atoms with Crippen molar-refractivity contribution in [1.29, 1.82) is 0 Å². The van der Waals surface area contributed by atoms with Crippen molar-refractivity contribution in [3.05, 3.63) is 93.4 Å². The molecule has 4 aromatic heterocycles. The van der Waals surface area contributed by atoms with Crippen LogP contribution in [0.15, 0.2) is 71.8 Å². The third-order valence-electron chi connectivity index (χ3n) is 5.48. The number of benzene rings is 2. The van der Waals surface area contributed by atoms with Gasteiger partial charge in [-0.15, -0.1) is 5.10 Å². The zero-order valence-electron chi connectivity index (χ0n) is 16.9. The van der Waals surface area contributed by atoms with Crippen LogP contribution in [0.3, 0.4) is 0 Å². The first-order valence-electron chi connectivity index (χ1n) is 10.0. The minimum absolute atomic E-state index is 0.276. The molecule has 11 heteroatoms. The van der Waals surface area contributed by atoms with Gasteiger partial charge < -0.3 is 15.2 Å². The first kappa shape index (κ1) is 19.3. The zero-order valence-corrected chi connectivity index (χ0v) is 17.7. The van der Waals surface area contributed by atoms with Crippen molar-refractivity contribution < 1.29 is 4.73 Å². The van der Waals surface area contributed by atoms with Crippen molar-refractivity contribution in [1.82, 2.24) is 34.7 Å². The Labute approximate surface area is 190 Å². The monoisotopic (exact) mass is 458 g/mol. The summed E-state index contributed by atoms with van der Waals surface area (Å²) in [6.45, 7) is 0.303. The zero-order chi connectivity index (χ0) is 22.5. The number of imidazole rings is 1. The van der Waals surface area contributed by atoms with Crippen LogP contribution in [-0.4, -0.2) is 34.7 Å². The average molecular weight is 459 g/mol. The van der Waals surface area contributed by atoms with Crippen molar-refractivity contribution in [3.63, 3.8) is 0 Å². The summed E-state index contributed by atoms with van der Waals surface area (Å²) in [5.74, 6) is 0. The molecule has 0 aliphatic carbocycles. The summed E-state index contributed by atoms with van der Waals surface area (Å²) in [5.41, 5.74) is 5.22. The van der Waals surface area contributed by atoms with Gasteiger partial charge in [0, 0.05) is 23.9 Å². The molecule has 0 amide bonds. The second kappa shape index (κ2) is 7.31. The predicted octanol–water partition coefficient (Wildman–Crippen LogP) is 2.79. The van der Waals surface area contributed by atoms with E-state index in [0.29, 0.717) is 39.3 Å². The summed E-state index contributed by atoms with van der Waals surface area (Å²) in [6.07, 6.45) is 3.14. The quantitative estimate of drug-likeness (QED) is 0.310. The van der Waals surface area contributed by atoms with E-state index in [0.717, 1.165) is 21.7 Å². The van der Waals surface area contributed by atoms with Crippen LogP contribution in [0.25, 0.3) is 39.0 Å². The van der Waals surface area contributed by atoms with E-state index < -0.39 is 0 Å². The van der Waals surface area contributed by atoms with E-state index in [2.05, 4.69) is 25.4 Å². The lowest BCUT2D eigenvalue weighted by atomic mass is 10.1. The molecule has 0 radical (unpaired) electrons. The van der Waals surface area contributed by atoms with Crippen LogP contribution < -0.4 is 10.4 Å². The Morgan fingerprint density at radius 3 is 2.82 bits per heavy atom. The van der Waals surface area contributed by atoms with E-state index in [-0.39, 0.29) is 5.69 Å². The van der Waals surface area contributed by atoms with Crippen LogP contribution in [0.4, 0.5) is 0 Å². The molecule has 0 atom stereocenters. The fourth-order valence-corrected chi connectivity index (χ4v) is 4.17. The summed E-state index contributed by atoms with van der Waals surface area (Å²) < 4.78 is 4.23. The highest BCUT2D eigenvalue weighted by atomic mass is 35.5. The largest absolute Gasteiger partial charge is 0.618 e. The Kier molecular flexibility index (Phi) is 4.27. The number of hydrogen-bond donors (Lipinski definition) is 2. The lowest BCUT2D eigenvalue weighted by Crippen LogP contribution is -2.32. The van der Waals surface area contributed by atoms with E-state index >= 15 is 0 Å². The number of pyridine rings is 1. The molecule has 0 spiro atoms. The Hall–Kier alpha value is -4.44. The van der Waals surface area contributed by atoms with Crippen molar-refractivity contribution in [2.45, 2.75) is 6.54 Å². The first-order chi connectivity index (χ1) is 16.1. The van der Waals surface area contributed by atoms with Crippen LogP contribution in [0.1, 0.15) is 5.69 Å². The number of aromatic amines is 2. The van der Waals surface area contributed by atoms with Gasteiger partial charge >= 0.3 is 5.69 Å². The number of H-pyrrole nitrogens is 2. The fraction of sp³-hybridized carbons (Fsp3) is 0.0455. The highest BCUT2D eigenvalue weighted by Gasteiger charge is 2.16. The molecule has 0 bridgehead atoms. The van der Waals surface area contributed by atoms with Gasteiger partial charge in [-0.3, -0.25) is 4.68 Å². The molecule has 0 fully saturated rings. The van der Waals surface area contributed by atoms with Crippen molar-refractivity contribution in [2.24, 2.45) is 0 Å². The first-order valence-corrected chi connectivity index (χ1v) is 10.4. The molecule has 4 heterocycles. The number of hydrogen-bond acceptors (Lipinski definition) is 5. The highest BCUT2D eigenvalue weighted by molar-refractivity contribution is 6.35. The van der Waals surface area contributed by atoms with E-state index in [4.69, 9.17) is 11.6 Å². The number of rotatable bonds is 4. The molecule has 0 aliphatic heterocycles. The molecule has 10 nitrogen and oxygen atoms in total. The molecular weight excluding hydrogens is 444 g/mol. The van der Waals surface area contributed by atoms with Crippen LogP contribution in [0, 0.1) is 5.21 Å². The standard InChI is InChI=1S/C22H15ClN8O2/c23-16-9-13(19-6-7-24-29(19)12-15-3-1-2-8-30(15)33)10-20-21(16)27-28-31(20)14-4-5-17-18(11-14)26-22(32)25-17/h1-11H,12H2,(H2,25,26,32). The van der Waals surface area contributed by atoms with Gasteiger partial charge in [0.25, 0.3) is 0 Å². The van der Waals surface area contributed by atoms with E-state index in [1.54, 1.807) is 39.8 Å². The molecule has 0 unspecified atom stereocenters. The van der Waals surface area contributed by atoms with E-state index in [1.165, 1.54) is 6.20 Å². The molecule has 2 N–H and O–H groups in total. The maximum atomic E-state index is 12.1. The highest BCUT2D eigenvalue weighted by Crippen LogP contribution is 2.31. The molecule has 0 aliphatic rings. The Morgan fingerprint density at radius 1 is 1.06 bits per heavy atom. The minimum Gasteiger partial charge on any atom is -0.618 e. The van der Waals surface area contributed by atoms with Crippen LogP contribution in [0.5, 0.6) is 0 Å². The molecular formula is C22H15ClN8O2. The van der Waals surface area contributed by atoms with Gasteiger partial charge in [0.2, 0.25) is 5.69 Å². The van der Waals surface area contributed by atoms with Gasteiger partial charge in [-0.25, -0.2) is 9.48 Å². The van der Waals surface area contributed by atoms with Gasteiger partial charge in [-0.2, -0.15) is 9.83 Å². The van der Waals surface area contributed by atoms with Crippen molar-refractivity contribution in [3.8, 4) is 16.9 Å². The second-order valence-corrected chi connectivity index (χ2v) is 7.94. The minimum atomic E-state index is -0.276. The molecule has 0 saturated carbocycles. The molecule has 6 aromatic rings. The maximum absolute atomic E-state index is 12.1. The number of fused-ring (bicyclic) bond motifs is 2. The predicted molar refractivity (Wildman–Crippen MR) is 122 cm³/mol. The molecule has 6 rings (SSSR count). The molecule has 162 valence electrons.